The van der Waals surface area contributed by atoms with E-state index >= 15 is 0 Å². The van der Waals surface area contributed by atoms with E-state index in [0.29, 0.717) is 5.69 Å². The van der Waals surface area contributed by atoms with Crippen molar-refractivity contribution >= 4 is 46.5 Å². The first-order valence-electron chi connectivity index (χ1n) is 10.6. The molecular weight excluding hydrogens is 464 g/mol. The second-order valence-corrected chi connectivity index (χ2v) is 8.89. The zero-order chi connectivity index (χ0) is 24.1. The Hall–Kier alpha value is -3.85. The lowest BCUT2D eigenvalue weighted by Gasteiger charge is -2.17. The second-order valence-electron chi connectivity index (χ2n) is 8.48. The molecule has 4 atom stereocenters. The molecule has 2 aromatic rings. The summed E-state index contributed by atoms with van der Waals surface area (Å²) in [6.45, 7) is -0.623. The summed E-state index contributed by atoms with van der Waals surface area (Å²) < 4.78 is 5.03. The van der Waals surface area contributed by atoms with Crippen molar-refractivity contribution in [1.82, 2.24) is 0 Å². The fraction of sp³-hybridized carbons (Fsp3) is 0.250. The van der Waals surface area contributed by atoms with Crippen molar-refractivity contribution in [2.75, 3.05) is 11.5 Å². The van der Waals surface area contributed by atoms with Crippen LogP contribution in [-0.2, 0) is 14.3 Å². The van der Waals surface area contributed by atoms with Crippen LogP contribution in [0.4, 0.5) is 11.4 Å². The monoisotopic (exact) mass is 480 g/mol. The highest BCUT2D eigenvalue weighted by Crippen LogP contribution is 2.53. The molecule has 1 saturated heterocycles. The van der Waals surface area contributed by atoms with E-state index in [0.717, 1.165) is 12.5 Å². The molecule has 2 aromatic carbocycles. The molecule has 0 N–H and O–H groups in total. The third-order valence-electron chi connectivity index (χ3n) is 6.63. The number of hydrogen-bond acceptors (Lipinski definition) is 7. The van der Waals surface area contributed by atoms with E-state index in [1.54, 1.807) is 0 Å². The number of hydrogen-bond donors (Lipinski definition) is 0. The summed E-state index contributed by atoms with van der Waals surface area (Å²) >= 11 is 5.74. The molecule has 2 bridgehead atoms. The Bertz CT molecular complexity index is 1260. The highest BCUT2D eigenvalue weighted by Gasteiger charge is 2.59. The topological polar surface area (TPSA) is 124 Å². The Morgan fingerprint density at radius 2 is 1.59 bits per heavy atom. The van der Waals surface area contributed by atoms with Crippen molar-refractivity contribution in [2.45, 2.75) is 6.42 Å². The van der Waals surface area contributed by atoms with Gasteiger partial charge in [-0.15, -0.1) is 0 Å². The summed E-state index contributed by atoms with van der Waals surface area (Å²) in [6, 6.07) is 9.37. The molecule has 0 aromatic heterocycles. The summed E-state index contributed by atoms with van der Waals surface area (Å²) in [5.74, 6) is -2.29. The van der Waals surface area contributed by atoms with Gasteiger partial charge in [-0.2, -0.15) is 0 Å². The molecule has 0 spiro atoms. The summed E-state index contributed by atoms with van der Waals surface area (Å²) in [5, 5.41) is 10.9. The van der Waals surface area contributed by atoms with Crippen LogP contribution in [0.1, 0.15) is 27.1 Å². The van der Waals surface area contributed by atoms with Gasteiger partial charge in [0.1, 0.15) is 5.02 Å². The molecule has 2 aliphatic carbocycles. The van der Waals surface area contributed by atoms with E-state index in [9.17, 15) is 29.3 Å². The van der Waals surface area contributed by atoms with Crippen LogP contribution < -0.4 is 4.90 Å². The first kappa shape index (κ1) is 22.0. The molecule has 10 heteroatoms. The number of anilines is 1. The molecule has 1 heterocycles. The van der Waals surface area contributed by atoms with Gasteiger partial charge in [0.05, 0.1) is 28.0 Å². The van der Waals surface area contributed by atoms with Crippen LogP contribution >= 0.6 is 11.6 Å². The molecule has 1 aliphatic heterocycles. The van der Waals surface area contributed by atoms with Gasteiger partial charge in [-0.05, 0) is 54.7 Å². The van der Waals surface area contributed by atoms with E-state index in [1.165, 1.54) is 41.3 Å². The van der Waals surface area contributed by atoms with Crippen molar-refractivity contribution in [1.29, 1.82) is 0 Å². The Balaban J connectivity index is 1.24. The van der Waals surface area contributed by atoms with Crippen LogP contribution in [0.15, 0.2) is 54.6 Å². The highest BCUT2D eigenvalue weighted by atomic mass is 35.5. The number of fused-ring (bicyclic) bond motifs is 5. The zero-order valence-corrected chi connectivity index (χ0v) is 18.3. The van der Waals surface area contributed by atoms with E-state index in [4.69, 9.17) is 16.3 Å². The van der Waals surface area contributed by atoms with E-state index in [1.807, 2.05) is 12.2 Å². The van der Waals surface area contributed by atoms with Crippen LogP contribution in [0.3, 0.4) is 0 Å². The Morgan fingerprint density at radius 3 is 2.18 bits per heavy atom. The molecule has 34 heavy (non-hydrogen) atoms. The zero-order valence-electron chi connectivity index (χ0n) is 17.5. The molecule has 0 radical (unpaired) electrons. The lowest BCUT2D eigenvalue weighted by Crippen LogP contribution is -2.32. The average molecular weight is 481 g/mol. The average Bonchev–Trinajstić information content (AvgIpc) is 3.51. The summed E-state index contributed by atoms with van der Waals surface area (Å²) in [7, 11) is 0. The number of carbonyl (C=O) groups excluding carboxylic acids is 4. The third-order valence-corrected chi connectivity index (χ3v) is 6.95. The van der Waals surface area contributed by atoms with Crippen molar-refractivity contribution in [2.24, 2.45) is 23.7 Å². The smallest absolute Gasteiger partial charge is 0.338 e. The lowest BCUT2D eigenvalue weighted by atomic mass is 9.85. The Labute approximate surface area is 198 Å². The summed E-state index contributed by atoms with van der Waals surface area (Å²) in [6.07, 6.45) is 4.87. The van der Waals surface area contributed by atoms with Crippen LogP contribution in [0, 0.1) is 33.8 Å². The van der Waals surface area contributed by atoms with Gasteiger partial charge < -0.3 is 4.74 Å². The fourth-order valence-corrected chi connectivity index (χ4v) is 5.21. The number of rotatable bonds is 6. The summed E-state index contributed by atoms with van der Waals surface area (Å²) in [4.78, 5) is 61.9. The first-order valence-corrected chi connectivity index (χ1v) is 10.9. The van der Waals surface area contributed by atoms with Gasteiger partial charge >= 0.3 is 5.97 Å². The molecule has 1 saturated carbocycles. The number of Topliss-reactive ketones (excluding diaryl/α,β-unsaturated/α-hetero) is 1. The lowest BCUT2D eigenvalue weighted by molar-refractivity contribution is -0.384. The summed E-state index contributed by atoms with van der Waals surface area (Å²) in [5.41, 5.74) is 0.0669. The number of nitro groups is 1. The maximum absolute atomic E-state index is 12.9. The van der Waals surface area contributed by atoms with Crippen molar-refractivity contribution in [3.05, 3.63) is 80.9 Å². The van der Waals surface area contributed by atoms with Gasteiger partial charge in [-0.3, -0.25) is 29.4 Å². The number of ketones is 1. The van der Waals surface area contributed by atoms with Crippen molar-refractivity contribution in [3.8, 4) is 0 Å². The van der Waals surface area contributed by atoms with E-state index in [-0.39, 0.29) is 51.6 Å². The molecule has 2 fully saturated rings. The predicted molar refractivity (Wildman–Crippen MR) is 119 cm³/mol. The maximum Gasteiger partial charge on any atom is 0.338 e. The molecule has 172 valence electrons. The fourth-order valence-electron chi connectivity index (χ4n) is 5.03. The minimum atomic E-state index is -0.790. The second kappa shape index (κ2) is 8.18. The van der Waals surface area contributed by atoms with Crippen LogP contribution in [0.2, 0.25) is 5.02 Å². The van der Waals surface area contributed by atoms with Gasteiger partial charge in [0.25, 0.3) is 5.69 Å². The van der Waals surface area contributed by atoms with Crippen molar-refractivity contribution in [3.63, 3.8) is 0 Å². The molecule has 9 nitrogen and oxygen atoms in total. The molecule has 3 aliphatic rings. The number of benzene rings is 2. The molecule has 4 unspecified atom stereocenters. The number of ether oxygens (including phenoxy) is 1. The number of halogens is 1. The number of carbonyl (C=O) groups is 4. The largest absolute Gasteiger partial charge is 0.454 e. The maximum atomic E-state index is 12.9. The van der Waals surface area contributed by atoms with Gasteiger partial charge in [0.2, 0.25) is 17.6 Å². The Morgan fingerprint density at radius 1 is 1.00 bits per heavy atom. The number of nitrogens with zero attached hydrogens (tertiary/aromatic N) is 2. The molecule has 5 rings (SSSR count). The number of allylic oxidation sites excluding steroid dienone is 2. The Kier molecular flexibility index (Phi) is 5.28. The third kappa shape index (κ3) is 3.49. The van der Waals surface area contributed by atoms with Crippen molar-refractivity contribution < 1.29 is 28.8 Å². The predicted octanol–water partition coefficient (Wildman–Crippen LogP) is 3.60. The van der Waals surface area contributed by atoms with E-state index < -0.39 is 29.0 Å². The standard InChI is InChI=1S/C24H17ClN2O7/c25-17-8-5-13(10-18(17)27(32)33)19(28)11-34-24(31)12-3-6-16(7-4-12)26-22(29)20-14-1-2-15(9-14)21(20)23(26)30/h1-8,10,14-15,20-21H,9,11H2. The van der Waals surface area contributed by atoms with Crippen LogP contribution in [0.5, 0.6) is 0 Å². The number of esters is 1. The highest BCUT2D eigenvalue weighted by molar-refractivity contribution is 6.32. The normalized spacial score (nSPS) is 24.4. The quantitative estimate of drug-likeness (QED) is 0.154. The van der Waals surface area contributed by atoms with Gasteiger partial charge in [-0.25, -0.2) is 4.79 Å². The van der Waals surface area contributed by atoms with Gasteiger partial charge in [0, 0.05) is 11.6 Å². The SMILES string of the molecule is O=C(COC(=O)c1ccc(N2C(=O)C3C4C=CC(C4)C3C2=O)cc1)c1ccc(Cl)c([N+](=O)[O-])c1. The van der Waals surface area contributed by atoms with Crippen LogP contribution in [0.25, 0.3) is 0 Å². The number of nitro benzene ring substituents is 1. The number of imide groups is 1. The van der Waals surface area contributed by atoms with E-state index in [2.05, 4.69) is 0 Å². The van der Waals surface area contributed by atoms with Gasteiger partial charge in [-0.1, -0.05) is 23.8 Å². The van der Waals surface area contributed by atoms with Crippen LogP contribution in [-0.4, -0.2) is 35.1 Å². The minimum Gasteiger partial charge on any atom is -0.454 e. The molecular formula is C24H17ClN2O7. The van der Waals surface area contributed by atoms with Gasteiger partial charge in [0.15, 0.2) is 6.61 Å². The minimum absolute atomic E-state index is 0.0145. The molecule has 2 amide bonds. The number of amides is 2. The first-order chi connectivity index (χ1) is 16.3.